The molecule has 10 nitrogen and oxygen atoms in total. The molecule has 36 heavy (non-hydrogen) atoms. The topological polar surface area (TPSA) is 150 Å². The van der Waals surface area contributed by atoms with E-state index in [2.05, 4.69) is 15.0 Å². The molecule has 0 saturated carbocycles. The van der Waals surface area contributed by atoms with Gasteiger partial charge < -0.3 is 30.0 Å². The standard InChI is InChI=1S/C25H33N3O7S/c1-34-12-10-22-20(8-9-25(30)31)21-7-6-19(15-23(21)27-22)35-13-11-26-16-24(29)17-4-3-5-18(14-17)28-36(2,32)33/h3-7,14-15,24,26-29H,8-13,16H2,1-2H3,(H,30,31)/t24-/m0/s1. The minimum atomic E-state index is -3.39. The molecule has 0 unspecified atom stereocenters. The van der Waals surface area contributed by atoms with E-state index in [1.165, 1.54) is 0 Å². The van der Waals surface area contributed by atoms with E-state index in [1.807, 2.05) is 18.2 Å². The number of nitrogens with one attached hydrogen (secondary N) is 3. The van der Waals surface area contributed by atoms with Crippen molar-refractivity contribution in [3.63, 3.8) is 0 Å². The molecule has 3 aromatic rings. The number of benzene rings is 2. The Labute approximate surface area is 210 Å². The van der Waals surface area contributed by atoms with Crippen LogP contribution in [0.25, 0.3) is 10.9 Å². The van der Waals surface area contributed by atoms with Gasteiger partial charge in [-0.05, 0) is 41.8 Å². The van der Waals surface area contributed by atoms with E-state index in [1.54, 1.807) is 31.4 Å². The van der Waals surface area contributed by atoms with Crippen LogP contribution in [0.2, 0.25) is 0 Å². The minimum absolute atomic E-state index is 0.0568. The Balaban J connectivity index is 1.53. The van der Waals surface area contributed by atoms with Gasteiger partial charge in [0.2, 0.25) is 10.0 Å². The number of aromatic amines is 1. The number of carboxylic acids is 1. The Bertz CT molecular complexity index is 1270. The van der Waals surface area contributed by atoms with Gasteiger partial charge in [0.05, 0.1) is 19.0 Å². The molecule has 0 amide bonds. The van der Waals surface area contributed by atoms with E-state index in [0.717, 1.165) is 28.4 Å². The fourth-order valence-corrected chi connectivity index (χ4v) is 4.49. The molecule has 0 spiro atoms. The third-order valence-electron chi connectivity index (χ3n) is 5.57. The van der Waals surface area contributed by atoms with Crippen molar-refractivity contribution in [3.05, 3.63) is 59.3 Å². The first kappa shape index (κ1) is 27.5. The van der Waals surface area contributed by atoms with Gasteiger partial charge in [0.15, 0.2) is 0 Å². The van der Waals surface area contributed by atoms with Crippen molar-refractivity contribution in [2.45, 2.75) is 25.4 Å². The Kier molecular flexibility index (Phi) is 9.71. The predicted molar refractivity (Wildman–Crippen MR) is 138 cm³/mol. The number of hydrogen-bond donors (Lipinski definition) is 5. The molecule has 5 N–H and O–H groups in total. The number of aliphatic hydroxyl groups excluding tert-OH is 1. The maximum atomic E-state index is 11.4. The lowest BCUT2D eigenvalue weighted by atomic mass is 10.0. The van der Waals surface area contributed by atoms with Crippen molar-refractivity contribution in [1.29, 1.82) is 0 Å². The Hall–Kier alpha value is -3.12. The van der Waals surface area contributed by atoms with Crippen molar-refractivity contribution < 1.29 is 32.9 Å². The summed E-state index contributed by atoms with van der Waals surface area (Å²) < 4.78 is 36.2. The van der Waals surface area contributed by atoms with E-state index in [0.29, 0.717) is 49.6 Å². The Morgan fingerprint density at radius 3 is 2.67 bits per heavy atom. The maximum Gasteiger partial charge on any atom is 0.303 e. The van der Waals surface area contributed by atoms with Crippen LogP contribution in [0.15, 0.2) is 42.5 Å². The molecule has 0 saturated heterocycles. The third-order valence-corrected chi connectivity index (χ3v) is 6.18. The first-order valence-electron chi connectivity index (χ1n) is 11.6. The van der Waals surface area contributed by atoms with Crippen molar-refractivity contribution in [2.24, 2.45) is 0 Å². The molecule has 1 heterocycles. The van der Waals surface area contributed by atoms with Gasteiger partial charge in [0, 0.05) is 61.4 Å². The molecule has 11 heteroatoms. The Morgan fingerprint density at radius 1 is 1.14 bits per heavy atom. The molecule has 2 aromatic carbocycles. The fourth-order valence-electron chi connectivity index (χ4n) is 3.94. The van der Waals surface area contributed by atoms with E-state index < -0.39 is 22.1 Å². The van der Waals surface area contributed by atoms with Crippen LogP contribution in [-0.4, -0.2) is 69.3 Å². The smallest absolute Gasteiger partial charge is 0.303 e. The molecule has 0 fully saturated rings. The van der Waals surface area contributed by atoms with Crippen LogP contribution in [0.1, 0.15) is 29.3 Å². The number of carboxylic acid groups (broad SMARTS) is 1. The lowest BCUT2D eigenvalue weighted by Gasteiger charge is -2.14. The van der Waals surface area contributed by atoms with E-state index >= 15 is 0 Å². The predicted octanol–water partition coefficient (Wildman–Crippen LogP) is 2.45. The van der Waals surface area contributed by atoms with Crippen LogP contribution in [0.5, 0.6) is 5.75 Å². The van der Waals surface area contributed by atoms with Crippen LogP contribution in [-0.2, 0) is 32.4 Å². The van der Waals surface area contributed by atoms with Gasteiger partial charge in [-0.25, -0.2) is 8.42 Å². The first-order chi connectivity index (χ1) is 17.2. The summed E-state index contributed by atoms with van der Waals surface area (Å²) in [5.74, 6) is -0.161. The summed E-state index contributed by atoms with van der Waals surface area (Å²) in [6, 6.07) is 12.3. The summed E-state index contributed by atoms with van der Waals surface area (Å²) in [5.41, 5.74) is 3.83. The second-order valence-corrected chi connectivity index (χ2v) is 10.2. The summed E-state index contributed by atoms with van der Waals surface area (Å²) in [6.45, 7) is 1.67. The number of H-pyrrole nitrogens is 1. The van der Waals surface area contributed by atoms with Crippen molar-refractivity contribution in [3.8, 4) is 5.75 Å². The summed E-state index contributed by atoms with van der Waals surface area (Å²) in [5, 5.41) is 23.6. The van der Waals surface area contributed by atoms with Crippen molar-refractivity contribution >= 4 is 32.6 Å². The van der Waals surface area contributed by atoms with Gasteiger partial charge in [-0.1, -0.05) is 12.1 Å². The van der Waals surface area contributed by atoms with Crippen LogP contribution in [0.3, 0.4) is 0 Å². The normalized spacial score (nSPS) is 12.5. The highest BCUT2D eigenvalue weighted by Gasteiger charge is 2.14. The average molecular weight is 520 g/mol. The van der Waals surface area contributed by atoms with Crippen molar-refractivity contribution in [1.82, 2.24) is 10.3 Å². The number of anilines is 1. The SMILES string of the molecule is COCCc1[nH]c2cc(OCCNC[C@H](O)c3cccc(NS(C)(=O)=O)c3)ccc2c1CCC(=O)O. The molecule has 3 rings (SSSR count). The maximum absolute atomic E-state index is 11.4. The number of hydrogen-bond acceptors (Lipinski definition) is 7. The minimum Gasteiger partial charge on any atom is -0.492 e. The van der Waals surface area contributed by atoms with Gasteiger partial charge in [-0.15, -0.1) is 0 Å². The van der Waals surface area contributed by atoms with Crippen LogP contribution >= 0.6 is 0 Å². The number of rotatable bonds is 15. The number of carbonyl (C=O) groups is 1. The monoisotopic (exact) mass is 519 g/mol. The van der Waals surface area contributed by atoms with Gasteiger partial charge in [-0.3, -0.25) is 9.52 Å². The molecule has 0 aliphatic rings. The van der Waals surface area contributed by atoms with Crippen molar-refractivity contribution in [2.75, 3.05) is 44.4 Å². The van der Waals surface area contributed by atoms with Crippen LogP contribution < -0.4 is 14.8 Å². The molecule has 1 aromatic heterocycles. The summed E-state index contributed by atoms with van der Waals surface area (Å²) >= 11 is 0. The molecule has 0 radical (unpaired) electrons. The molecular formula is C25H33N3O7S. The van der Waals surface area contributed by atoms with Gasteiger partial charge in [0.1, 0.15) is 12.4 Å². The highest BCUT2D eigenvalue weighted by atomic mass is 32.2. The van der Waals surface area contributed by atoms with Crippen LogP contribution in [0.4, 0.5) is 5.69 Å². The number of aromatic nitrogens is 1. The first-order valence-corrected chi connectivity index (χ1v) is 13.5. The fraction of sp³-hybridized carbons (Fsp3) is 0.400. The molecule has 0 aliphatic carbocycles. The molecule has 0 bridgehead atoms. The zero-order valence-corrected chi connectivity index (χ0v) is 21.2. The van der Waals surface area contributed by atoms with Gasteiger partial charge in [-0.2, -0.15) is 0 Å². The van der Waals surface area contributed by atoms with Gasteiger partial charge >= 0.3 is 5.97 Å². The third kappa shape index (κ3) is 8.23. The largest absolute Gasteiger partial charge is 0.492 e. The molecule has 0 aliphatic heterocycles. The zero-order valence-electron chi connectivity index (χ0n) is 20.4. The average Bonchev–Trinajstić information content (AvgIpc) is 3.16. The quantitative estimate of drug-likeness (QED) is 0.192. The lowest BCUT2D eigenvalue weighted by Crippen LogP contribution is -2.26. The highest BCUT2D eigenvalue weighted by molar-refractivity contribution is 7.92. The number of methoxy groups -OCH3 is 1. The second kappa shape index (κ2) is 12.7. The van der Waals surface area contributed by atoms with E-state index in [9.17, 15) is 18.3 Å². The Morgan fingerprint density at radius 2 is 1.94 bits per heavy atom. The lowest BCUT2D eigenvalue weighted by molar-refractivity contribution is -0.136. The number of sulfonamides is 1. The highest BCUT2D eigenvalue weighted by Crippen LogP contribution is 2.28. The van der Waals surface area contributed by atoms with Gasteiger partial charge in [0.25, 0.3) is 0 Å². The summed E-state index contributed by atoms with van der Waals surface area (Å²) in [7, 11) is -1.76. The summed E-state index contributed by atoms with van der Waals surface area (Å²) in [4.78, 5) is 14.4. The van der Waals surface area contributed by atoms with Crippen LogP contribution in [0, 0.1) is 0 Å². The molecular weight excluding hydrogens is 486 g/mol. The number of fused-ring (bicyclic) bond motifs is 1. The number of aliphatic carboxylic acids is 1. The number of aliphatic hydroxyl groups is 1. The summed E-state index contributed by atoms with van der Waals surface area (Å²) in [6.07, 6.45) is 1.42. The zero-order chi connectivity index (χ0) is 26.1. The second-order valence-electron chi connectivity index (χ2n) is 8.49. The molecule has 196 valence electrons. The number of aryl methyl sites for hydroxylation is 1. The number of ether oxygens (including phenoxy) is 2. The molecule has 1 atom stereocenters. The van der Waals surface area contributed by atoms with E-state index in [-0.39, 0.29) is 13.0 Å². The van der Waals surface area contributed by atoms with E-state index in [4.69, 9.17) is 14.6 Å².